The zero-order valence-electron chi connectivity index (χ0n) is 6.16. The Bertz CT molecular complexity index is 272. The molecule has 1 radical (unpaired) electrons. The molecule has 4 heteroatoms. The van der Waals surface area contributed by atoms with Crippen LogP contribution in [0.15, 0.2) is 6.20 Å². The van der Waals surface area contributed by atoms with Gasteiger partial charge in [-0.15, -0.1) is 0 Å². The highest BCUT2D eigenvalue weighted by Crippen LogP contribution is 2.00. The molecule has 0 aromatic carbocycles. The average molecular weight is 150 g/mol. The van der Waals surface area contributed by atoms with Crippen LogP contribution in [0.2, 0.25) is 0 Å². The maximum absolute atomic E-state index is 10.5. The van der Waals surface area contributed by atoms with Crippen molar-refractivity contribution < 1.29 is 4.79 Å². The van der Waals surface area contributed by atoms with Gasteiger partial charge in [-0.2, -0.15) is 0 Å². The van der Waals surface area contributed by atoms with E-state index < -0.39 is 0 Å². The molecule has 2 N–H and O–H groups in total. The first kappa shape index (κ1) is 7.65. The topological polar surface area (TPSA) is 68.9 Å². The van der Waals surface area contributed by atoms with Crippen LogP contribution >= 0.6 is 0 Å². The van der Waals surface area contributed by atoms with Crippen LogP contribution < -0.4 is 5.73 Å². The lowest BCUT2D eigenvalue weighted by molar-refractivity contribution is -0.117. The summed E-state index contributed by atoms with van der Waals surface area (Å²) >= 11 is 0. The smallest absolute Gasteiger partial charge is 0.223 e. The molecule has 0 atom stereocenters. The van der Waals surface area contributed by atoms with Crippen LogP contribution in [0.5, 0.6) is 0 Å². The first-order valence-corrected chi connectivity index (χ1v) is 3.17. The van der Waals surface area contributed by atoms with Crippen molar-refractivity contribution in [3.63, 3.8) is 0 Å². The summed E-state index contributed by atoms with van der Waals surface area (Å²) < 4.78 is 0. The number of nitrogens with zero attached hydrogens (tertiary/aromatic N) is 2. The van der Waals surface area contributed by atoms with Gasteiger partial charge >= 0.3 is 0 Å². The fourth-order valence-electron chi connectivity index (χ4n) is 0.722. The number of hydrogen-bond acceptors (Lipinski definition) is 3. The van der Waals surface area contributed by atoms with Crippen LogP contribution in [-0.4, -0.2) is 15.9 Å². The molecule has 1 aromatic rings. The van der Waals surface area contributed by atoms with Gasteiger partial charge in [-0.25, -0.2) is 9.97 Å². The lowest BCUT2D eigenvalue weighted by Gasteiger charge is -1.97. The number of carbonyl (C=O) groups excluding carboxylic acids is 1. The highest BCUT2D eigenvalue weighted by Gasteiger charge is 2.02. The number of rotatable bonds is 2. The second-order valence-electron chi connectivity index (χ2n) is 2.24. The van der Waals surface area contributed by atoms with Gasteiger partial charge in [-0.1, -0.05) is 0 Å². The minimum Gasteiger partial charge on any atom is -0.369 e. The molecule has 0 fully saturated rings. The van der Waals surface area contributed by atoms with Gasteiger partial charge in [0.2, 0.25) is 5.91 Å². The van der Waals surface area contributed by atoms with Crippen molar-refractivity contribution in [3.05, 3.63) is 23.8 Å². The van der Waals surface area contributed by atoms with Crippen LogP contribution in [0.3, 0.4) is 0 Å². The summed E-state index contributed by atoms with van der Waals surface area (Å²) in [6.45, 7) is 1.83. The molecule has 0 spiro atoms. The van der Waals surface area contributed by atoms with Crippen LogP contribution in [-0.2, 0) is 11.2 Å². The second kappa shape index (κ2) is 3.09. The van der Waals surface area contributed by atoms with Gasteiger partial charge in [-0.05, 0) is 12.5 Å². The molecule has 11 heavy (non-hydrogen) atoms. The van der Waals surface area contributed by atoms with E-state index in [0.29, 0.717) is 5.69 Å². The summed E-state index contributed by atoms with van der Waals surface area (Å²) in [6, 6.07) is 0. The standard InChI is InChI=1S/C7H8N3O/c1-5-3-9-4-10-6(5)2-7(8)11/h3H,2H2,1H3,(H2,8,11). The van der Waals surface area contributed by atoms with Gasteiger partial charge in [0, 0.05) is 6.20 Å². The highest BCUT2D eigenvalue weighted by atomic mass is 16.1. The molecule has 1 heterocycles. The molecule has 0 aliphatic heterocycles. The minimum atomic E-state index is -0.389. The quantitative estimate of drug-likeness (QED) is 0.624. The maximum atomic E-state index is 10.5. The second-order valence-corrected chi connectivity index (χ2v) is 2.24. The van der Waals surface area contributed by atoms with Gasteiger partial charge in [0.1, 0.15) is 0 Å². The Hall–Kier alpha value is -1.45. The van der Waals surface area contributed by atoms with E-state index in [-0.39, 0.29) is 12.3 Å². The molecular weight excluding hydrogens is 142 g/mol. The molecule has 0 unspecified atom stereocenters. The molecular formula is C7H8N3O. The van der Waals surface area contributed by atoms with E-state index in [1.54, 1.807) is 6.20 Å². The number of primary amides is 1. The molecule has 0 aliphatic carbocycles. The van der Waals surface area contributed by atoms with Crippen molar-refractivity contribution in [2.45, 2.75) is 13.3 Å². The van der Waals surface area contributed by atoms with Gasteiger partial charge in [-0.3, -0.25) is 4.79 Å². The Balaban J connectivity index is 2.86. The molecule has 0 aliphatic rings. The number of nitrogens with two attached hydrogens (primary N) is 1. The Kier molecular flexibility index (Phi) is 2.15. The Morgan fingerprint density at radius 3 is 3.09 bits per heavy atom. The van der Waals surface area contributed by atoms with Crippen molar-refractivity contribution in [1.29, 1.82) is 0 Å². The van der Waals surface area contributed by atoms with Crippen LogP contribution in [0, 0.1) is 13.3 Å². The lowest BCUT2D eigenvalue weighted by Crippen LogP contribution is -2.15. The van der Waals surface area contributed by atoms with Crippen molar-refractivity contribution in [2.24, 2.45) is 5.73 Å². The zero-order valence-corrected chi connectivity index (χ0v) is 6.16. The predicted molar refractivity (Wildman–Crippen MR) is 38.5 cm³/mol. The van der Waals surface area contributed by atoms with E-state index in [4.69, 9.17) is 5.73 Å². The molecule has 57 valence electrons. The average Bonchev–Trinajstić information content (AvgIpc) is 1.93. The van der Waals surface area contributed by atoms with Crippen molar-refractivity contribution >= 4 is 5.91 Å². The number of carbonyl (C=O) groups is 1. The monoisotopic (exact) mass is 150 g/mol. The molecule has 1 rings (SSSR count). The van der Waals surface area contributed by atoms with Crippen LogP contribution in [0.4, 0.5) is 0 Å². The summed E-state index contributed by atoms with van der Waals surface area (Å²) in [4.78, 5) is 17.9. The fraction of sp³-hybridized carbons (Fsp3) is 0.286. The number of aryl methyl sites for hydroxylation is 1. The normalized spacial score (nSPS) is 9.55. The maximum Gasteiger partial charge on any atom is 0.223 e. The van der Waals surface area contributed by atoms with Crippen LogP contribution in [0.1, 0.15) is 11.3 Å². The van der Waals surface area contributed by atoms with Crippen molar-refractivity contribution in [2.75, 3.05) is 0 Å². The summed E-state index contributed by atoms with van der Waals surface area (Å²) in [6.07, 6.45) is 4.16. The number of aromatic nitrogens is 2. The third kappa shape index (κ3) is 2.00. The van der Waals surface area contributed by atoms with Crippen molar-refractivity contribution in [3.8, 4) is 0 Å². The Labute approximate surface area is 64.5 Å². The Morgan fingerprint density at radius 2 is 2.55 bits per heavy atom. The first-order chi connectivity index (χ1) is 5.20. The number of hydrogen-bond donors (Lipinski definition) is 1. The Morgan fingerprint density at radius 1 is 1.82 bits per heavy atom. The lowest BCUT2D eigenvalue weighted by atomic mass is 10.2. The molecule has 0 saturated heterocycles. The SMILES string of the molecule is Cc1cn[c]nc1CC(N)=O. The fourth-order valence-corrected chi connectivity index (χ4v) is 0.722. The van der Waals surface area contributed by atoms with E-state index >= 15 is 0 Å². The summed E-state index contributed by atoms with van der Waals surface area (Å²) in [5, 5.41) is 0. The largest absolute Gasteiger partial charge is 0.369 e. The third-order valence-corrected chi connectivity index (χ3v) is 1.30. The summed E-state index contributed by atoms with van der Waals surface area (Å²) in [7, 11) is 0. The predicted octanol–water partition coefficient (Wildman–Crippen LogP) is -0.387. The van der Waals surface area contributed by atoms with Gasteiger partial charge in [0.15, 0.2) is 6.33 Å². The van der Waals surface area contributed by atoms with E-state index in [2.05, 4.69) is 16.3 Å². The summed E-state index contributed by atoms with van der Waals surface area (Å²) in [5.74, 6) is -0.389. The highest BCUT2D eigenvalue weighted by molar-refractivity contribution is 5.76. The van der Waals surface area contributed by atoms with Crippen LogP contribution in [0.25, 0.3) is 0 Å². The third-order valence-electron chi connectivity index (χ3n) is 1.30. The van der Waals surface area contributed by atoms with E-state index in [9.17, 15) is 4.79 Å². The molecule has 1 aromatic heterocycles. The number of amides is 1. The first-order valence-electron chi connectivity index (χ1n) is 3.17. The van der Waals surface area contributed by atoms with Gasteiger partial charge < -0.3 is 5.73 Å². The molecule has 0 bridgehead atoms. The molecule has 4 nitrogen and oxygen atoms in total. The van der Waals surface area contributed by atoms with Gasteiger partial charge in [0.25, 0.3) is 0 Å². The molecule has 0 saturated carbocycles. The zero-order chi connectivity index (χ0) is 8.27. The van der Waals surface area contributed by atoms with E-state index in [0.717, 1.165) is 5.56 Å². The van der Waals surface area contributed by atoms with E-state index in [1.165, 1.54) is 0 Å². The summed E-state index contributed by atoms with van der Waals surface area (Å²) in [5.41, 5.74) is 6.49. The van der Waals surface area contributed by atoms with Crippen molar-refractivity contribution in [1.82, 2.24) is 9.97 Å². The minimum absolute atomic E-state index is 0.158. The molecule has 1 amide bonds. The van der Waals surface area contributed by atoms with Gasteiger partial charge in [0.05, 0.1) is 12.1 Å². The van der Waals surface area contributed by atoms with E-state index in [1.807, 2.05) is 6.92 Å².